The van der Waals surface area contributed by atoms with Gasteiger partial charge in [-0.15, -0.1) is 0 Å². The number of esters is 4. The molecule has 0 rings (SSSR count). The molecule has 17 nitrogen and oxygen atoms in total. The minimum absolute atomic E-state index is 0.104. The number of phosphoric acid groups is 2. The molecule has 522 valence electrons. The summed E-state index contributed by atoms with van der Waals surface area (Å²) in [5.74, 6) is 0.857. The van der Waals surface area contributed by atoms with E-state index in [2.05, 4.69) is 55.4 Å². The zero-order chi connectivity index (χ0) is 65.4. The zero-order valence-corrected chi connectivity index (χ0v) is 59.1. The molecule has 0 aliphatic heterocycles. The lowest BCUT2D eigenvalue weighted by atomic mass is 9.99. The van der Waals surface area contributed by atoms with Crippen LogP contribution in [0.2, 0.25) is 0 Å². The van der Waals surface area contributed by atoms with Crippen LogP contribution in [0.3, 0.4) is 0 Å². The van der Waals surface area contributed by atoms with Gasteiger partial charge in [-0.3, -0.25) is 37.3 Å². The van der Waals surface area contributed by atoms with Crippen molar-refractivity contribution in [3.05, 3.63) is 0 Å². The Labute approximate surface area is 537 Å². The second-order valence-electron chi connectivity index (χ2n) is 26.4. The van der Waals surface area contributed by atoms with Gasteiger partial charge in [0.15, 0.2) is 12.2 Å². The van der Waals surface area contributed by atoms with Crippen molar-refractivity contribution in [2.75, 3.05) is 39.6 Å². The maximum atomic E-state index is 13.0. The topological polar surface area (TPSA) is 237 Å². The fraction of sp³-hybridized carbons (Fsp3) is 0.942. The van der Waals surface area contributed by atoms with Gasteiger partial charge in [-0.05, 0) is 49.4 Å². The van der Waals surface area contributed by atoms with Crippen LogP contribution < -0.4 is 0 Å². The van der Waals surface area contributed by atoms with Crippen molar-refractivity contribution in [2.24, 2.45) is 23.7 Å². The minimum atomic E-state index is -4.95. The molecule has 0 aromatic rings. The van der Waals surface area contributed by atoms with Crippen LogP contribution in [0.25, 0.3) is 0 Å². The van der Waals surface area contributed by atoms with E-state index in [4.69, 9.17) is 37.0 Å². The van der Waals surface area contributed by atoms with E-state index in [1.54, 1.807) is 0 Å². The molecule has 0 aliphatic carbocycles. The molecule has 0 bridgehead atoms. The molecule has 0 aromatic heterocycles. The average molecular weight is 1300 g/mol. The maximum Gasteiger partial charge on any atom is 0.472 e. The highest BCUT2D eigenvalue weighted by molar-refractivity contribution is 7.47. The van der Waals surface area contributed by atoms with Crippen molar-refractivity contribution in [2.45, 2.75) is 356 Å². The van der Waals surface area contributed by atoms with Crippen LogP contribution in [0.5, 0.6) is 0 Å². The van der Waals surface area contributed by atoms with Gasteiger partial charge in [0.05, 0.1) is 26.4 Å². The number of carbonyl (C=O) groups excluding carboxylic acids is 4. The smallest absolute Gasteiger partial charge is 0.462 e. The monoisotopic (exact) mass is 1300 g/mol. The first-order valence-corrected chi connectivity index (χ1v) is 38.8. The van der Waals surface area contributed by atoms with E-state index in [-0.39, 0.29) is 25.7 Å². The molecule has 19 heteroatoms. The Morgan fingerprint density at radius 3 is 0.807 bits per heavy atom. The SMILES string of the molecule is CCC(C)CCCCCCCCCCCCC(=O)O[C@H](COC(=O)CCCCCCCCC(C)C)COP(=O)(O)OC[C@@H](O)COP(=O)(O)OC[C@@H](COC(=O)CCCCCCCCC(C)CC)OC(=O)CCCCCCCCCCCCCCC(C)C. The molecule has 0 saturated carbocycles. The molecular formula is C69H134O17P2. The number of phosphoric ester groups is 2. The quantitative estimate of drug-likeness (QED) is 0.0222. The molecule has 0 aliphatic rings. The Morgan fingerprint density at radius 2 is 0.545 bits per heavy atom. The summed E-state index contributed by atoms with van der Waals surface area (Å²) in [7, 11) is -9.90. The molecule has 0 saturated heterocycles. The third-order valence-electron chi connectivity index (χ3n) is 16.5. The summed E-state index contributed by atoms with van der Waals surface area (Å²) >= 11 is 0. The van der Waals surface area contributed by atoms with Crippen molar-refractivity contribution in [1.29, 1.82) is 0 Å². The molecule has 0 aromatic carbocycles. The third kappa shape index (κ3) is 60.3. The minimum Gasteiger partial charge on any atom is -0.462 e. The Bertz CT molecular complexity index is 1750. The van der Waals surface area contributed by atoms with Crippen molar-refractivity contribution in [3.63, 3.8) is 0 Å². The fourth-order valence-corrected chi connectivity index (χ4v) is 11.8. The normalized spacial score (nSPS) is 14.9. The van der Waals surface area contributed by atoms with Crippen LogP contribution in [-0.2, 0) is 65.4 Å². The second-order valence-corrected chi connectivity index (χ2v) is 29.3. The molecule has 4 unspecified atom stereocenters. The van der Waals surface area contributed by atoms with Crippen molar-refractivity contribution in [3.8, 4) is 0 Å². The molecule has 3 N–H and O–H groups in total. The molecule has 88 heavy (non-hydrogen) atoms. The number of carbonyl (C=O) groups is 4. The number of hydrogen-bond donors (Lipinski definition) is 3. The van der Waals surface area contributed by atoms with Gasteiger partial charge in [0, 0.05) is 25.7 Å². The van der Waals surface area contributed by atoms with E-state index in [1.165, 1.54) is 128 Å². The van der Waals surface area contributed by atoms with Crippen molar-refractivity contribution < 1.29 is 80.2 Å². The summed E-state index contributed by atoms with van der Waals surface area (Å²) in [6.07, 6.45) is 40.4. The summed E-state index contributed by atoms with van der Waals surface area (Å²) in [5.41, 5.74) is 0. The zero-order valence-electron chi connectivity index (χ0n) is 57.3. The summed E-state index contributed by atoms with van der Waals surface area (Å²) in [6.45, 7) is 14.1. The number of hydrogen-bond acceptors (Lipinski definition) is 15. The van der Waals surface area contributed by atoms with E-state index in [0.29, 0.717) is 31.6 Å². The Hall–Kier alpha value is -1.94. The van der Waals surface area contributed by atoms with Crippen LogP contribution in [0.15, 0.2) is 0 Å². The lowest BCUT2D eigenvalue weighted by Crippen LogP contribution is -2.30. The van der Waals surface area contributed by atoms with Gasteiger partial charge in [-0.25, -0.2) is 9.13 Å². The predicted octanol–water partition coefficient (Wildman–Crippen LogP) is 19.3. The standard InChI is InChI=1S/C69H134O17P2/c1-9-61(7)47-39-31-22-18-15-16-20-24-36-44-52-69(74)85-64(55-79-66(71)49-41-33-27-25-30-38-46-60(5)6)57-83-87(75,76)81-53-63(70)54-82-88(77,78)84-58-65(56-80-67(72)50-42-34-28-26-32-40-48-62(8)10-2)86-68(73)51-43-35-23-19-14-12-11-13-17-21-29-37-45-59(3)4/h59-65,70H,9-58H2,1-8H3,(H,75,76)(H,77,78)/t61?,62?,63-,64-,65-/m1/s1. The number of ether oxygens (including phenoxy) is 4. The highest BCUT2D eigenvalue weighted by atomic mass is 31.2. The van der Waals surface area contributed by atoms with E-state index >= 15 is 0 Å². The van der Waals surface area contributed by atoms with Crippen molar-refractivity contribution in [1.82, 2.24) is 0 Å². The molecule has 0 amide bonds. The maximum absolute atomic E-state index is 13.0. The van der Waals surface area contributed by atoms with Gasteiger partial charge in [0.2, 0.25) is 0 Å². The van der Waals surface area contributed by atoms with E-state index < -0.39 is 97.5 Å². The first kappa shape index (κ1) is 86.1. The van der Waals surface area contributed by atoms with Crippen LogP contribution in [0, 0.1) is 23.7 Å². The molecule has 0 radical (unpaired) electrons. The summed E-state index contributed by atoms with van der Waals surface area (Å²) in [4.78, 5) is 72.5. The number of unbranched alkanes of at least 4 members (excludes halogenated alkanes) is 30. The summed E-state index contributed by atoms with van der Waals surface area (Å²) in [6, 6.07) is 0. The number of aliphatic hydroxyl groups is 1. The Kier molecular flexibility index (Phi) is 57.6. The molecular weight excluding hydrogens is 1160 g/mol. The van der Waals surface area contributed by atoms with Gasteiger partial charge in [0.1, 0.15) is 19.3 Å². The molecule has 0 spiro atoms. The van der Waals surface area contributed by atoms with Crippen LogP contribution in [0.1, 0.15) is 338 Å². The van der Waals surface area contributed by atoms with Gasteiger partial charge in [-0.1, -0.05) is 287 Å². The summed E-state index contributed by atoms with van der Waals surface area (Å²) in [5, 5.41) is 10.6. The highest BCUT2D eigenvalue weighted by Crippen LogP contribution is 2.45. The van der Waals surface area contributed by atoms with Gasteiger partial charge in [0.25, 0.3) is 0 Å². The lowest BCUT2D eigenvalue weighted by Gasteiger charge is -2.21. The first-order valence-electron chi connectivity index (χ1n) is 35.8. The van der Waals surface area contributed by atoms with Crippen LogP contribution in [0.4, 0.5) is 0 Å². The van der Waals surface area contributed by atoms with Crippen molar-refractivity contribution >= 4 is 39.5 Å². The molecule has 0 heterocycles. The largest absolute Gasteiger partial charge is 0.472 e. The molecule has 7 atom stereocenters. The Balaban J connectivity index is 5.25. The van der Waals surface area contributed by atoms with Gasteiger partial charge in [-0.2, -0.15) is 0 Å². The van der Waals surface area contributed by atoms with E-state index in [9.17, 15) is 43.2 Å². The van der Waals surface area contributed by atoms with E-state index in [0.717, 1.165) is 120 Å². The van der Waals surface area contributed by atoms with Crippen LogP contribution in [-0.4, -0.2) is 96.7 Å². The lowest BCUT2D eigenvalue weighted by molar-refractivity contribution is -0.161. The number of rotatable bonds is 66. The first-order chi connectivity index (χ1) is 42.2. The molecule has 0 fully saturated rings. The van der Waals surface area contributed by atoms with Gasteiger partial charge >= 0.3 is 39.5 Å². The number of aliphatic hydroxyl groups excluding tert-OH is 1. The van der Waals surface area contributed by atoms with Crippen LogP contribution >= 0.6 is 15.6 Å². The third-order valence-corrected chi connectivity index (χ3v) is 18.4. The van der Waals surface area contributed by atoms with Gasteiger partial charge < -0.3 is 33.8 Å². The predicted molar refractivity (Wildman–Crippen MR) is 354 cm³/mol. The fourth-order valence-electron chi connectivity index (χ4n) is 10.2. The average Bonchev–Trinajstić information content (AvgIpc) is 3.70. The highest BCUT2D eigenvalue weighted by Gasteiger charge is 2.30. The second kappa shape index (κ2) is 58.8. The van der Waals surface area contributed by atoms with E-state index in [1.807, 2.05) is 0 Å². The Morgan fingerprint density at radius 1 is 0.318 bits per heavy atom. The summed E-state index contributed by atoms with van der Waals surface area (Å²) < 4.78 is 68.2.